The number of hydrogen-bond acceptors (Lipinski definition) is 0. The first-order valence-electron chi connectivity index (χ1n) is 15.7. The summed E-state index contributed by atoms with van der Waals surface area (Å²) >= 11 is 0. The third-order valence-corrected chi connectivity index (χ3v) is 9.19. The van der Waals surface area contributed by atoms with Gasteiger partial charge in [-0.1, -0.05) is 162 Å². The fourth-order valence-electron chi connectivity index (χ4n) is 6.82. The van der Waals surface area contributed by atoms with Crippen LogP contribution in [0.25, 0.3) is 27.1 Å². The van der Waals surface area contributed by atoms with E-state index >= 15 is 0 Å². The molecule has 7 rings (SSSR count). The summed E-state index contributed by atoms with van der Waals surface area (Å²) in [5, 5.41) is 5.22. The predicted molar refractivity (Wildman–Crippen MR) is 189 cm³/mol. The first-order valence-corrected chi connectivity index (χ1v) is 15.7. The third kappa shape index (κ3) is 5.12. The van der Waals surface area contributed by atoms with E-state index < -0.39 is 0 Å². The van der Waals surface area contributed by atoms with Crippen molar-refractivity contribution in [3.05, 3.63) is 195 Å². The van der Waals surface area contributed by atoms with Gasteiger partial charge in [-0.05, 0) is 94.6 Å². The summed E-state index contributed by atoms with van der Waals surface area (Å²) in [6.07, 6.45) is 7.87. The zero-order valence-corrected chi connectivity index (χ0v) is 26.1. The lowest BCUT2D eigenvalue weighted by Crippen LogP contribution is -2.07. The van der Waals surface area contributed by atoms with Gasteiger partial charge in [0.25, 0.3) is 0 Å². The van der Waals surface area contributed by atoms with Gasteiger partial charge in [0, 0.05) is 5.92 Å². The van der Waals surface area contributed by atoms with Crippen LogP contribution in [0.4, 0.5) is 0 Å². The largest absolute Gasteiger partial charge is 0.0772 e. The average Bonchev–Trinajstić information content (AvgIpc) is 3.05. The molecule has 0 heterocycles. The molecule has 0 N–H and O–H groups in total. The van der Waals surface area contributed by atoms with Crippen LogP contribution < -0.4 is 0 Å². The van der Waals surface area contributed by atoms with Crippen LogP contribution in [0.3, 0.4) is 0 Å². The Labute approximate surface area is 261 Å². The fraction of sp³-hybridized carbons (Fsp3) is 0.136. The summed E-state index contributed by atoms with van der Waals surface area (Å²) < 4.78 is 0. The fourth-order valence-corrected chi connectivity index (χ4v) is 6.82. The maximum atomic E-state index is 2.35. The van der Waals surface area contributed by atoms with Gasteiger partial charge >= 0.3 is 0 Å². The Bertz CT molecular complexity index is 1980. The number of aryl methyl sites for hydroxylation is 3. The van der Waals surface area contributed by atoms with E-state index in [9.17, 15) is 0 Å². The van der Waals surface area contributed by atoms with Crippen LogP contribution in [0.2, 0.25) is 0 Å². The molecule has 0 atom stereocenters. The molecule has 1 aliphatic rings. The minimum Gasteiger partial charge on any atom is -0.0772 e. The lowest BCUT2D eigenvalue weighted by molar-refractivity contribution is 0.996. The van der Waals surface area contributed by atoms with E-state index in [1.165, 1.54) is 82.8 Å². The molecular formula is C44H38. The minimum absolute atomic E-state index is 0.0932. The summed E-state index contributed by atoms with van der Waals surface area (Å²) in [5.74, 6) is 0.0932. The molecule has 214 valence electrons. The Balaban J connectivity index is 1.61. The van der Waals surface area contributed by atoms with Crippen molar-refractivity contribution in [1.82, 2.24) is 0 Å². The monoisotopic (exact) mass is 566 g/mol. The highest BCUT2D eigenvalue weighted by Gasteiger charge is 2.26. The Kier molecular flexibility index (Phi) is 7.36. The zero-order valence-electron chi connectivity index (χ0n) is 26.1. The van der Waals surface area contributed by atoms with E-state index in [0.29, 0.717) is 0 Å². The quantitative estimate of drug-likeness (QED) is 0.144. The molecule has 0 heteroatoms. The number of hydrogen-bond donors (Lipinski definition) is 0. The minimum atomic E-state index is 0.0932. The van der Waals surface area contributed by atoms with Crippen molar-refractivity contribution in [2.45, 2.75) is 40.0 Å². The van der Waals surface area contributed by atoms with E-state index in [1.54, 1.807) is 0 Å². The highest BCUT2D eigenvalue weighted by atomic mass is 14.3. The van der Waals surface area contributed by atoms with E-state index in [-0.39, 0.29) is 5.92 Å². The molecule has 0 aromatic heterocycles. The number of rotatable bonds is 5. The van der Waals surface area contributed by atoms with Crippen molar-refractivity contribution in [3.63, 3.8) is 0 Å². The Hall–Kier alpha value is -4.94. The smallest absolute Gasteiger partial charge is 0.0352 e. The second-order valence-electron chi connectivity index (χ2n) is 12.4. The maximum absolute atomic E-state index is 2.35. The summed E-state index contributed by atoms with van der Waals surface area (Å²) in [4.78, 5) is 0. The molecule has 0 amide bonds. The van der Waals surface area contributed by atoms with E-state index in [0.717, 1.165) is 6.42 Å². The predicted octanol–water partition coefficient (Wildman–Crippen LogP) is 11.8. The molecule has 0 saturated carbocycles. The lowest BCUT2D eigenvalue weighted by Gasteiger charge is -2.27. The Morgan fingerprint density at radius 2 is 0.955 bits per heavy atom. The van der Waals surface area contributed by atoms with E-state index in [1.807, 2.05) is 0 Å². The SMILES string of the molecule is CC1=CC/C(=C(\c2ccc(C)cc2)c2c3ccccc3c(C(c3ccc(C)cc3)c3ccc(C)cc3)c3ccccc23)C=C1. The first-order chi connectivity index (χ1) is 21.5. The van der Waals surface area contributed by atoms with Gasteiger partial charge in [-0.25, -0.2) is 0 Å². The van der Waals surface area contributed by atoms with Gasteiger partial charge in [0.15, 0.2) is 0 Å². The Morgan fingerprint density at radius 3 is 1.41 bits per heavy atom. The highest BCUT2D eigenvalue weighted by Crippen LogP contribution is 2.46. The molecule has 0 saturated heterocycles. The summed E-state index contributed by atoms with van der Waals surface area (Å²) in [5.41, 5.74) is 14.4. The maximum Gasteiger partial charge on any atom is 0.0352 e. The molecule has 6 aromatic carbocycles. The molecule has 1 aliphatic carbocycles. The van der Waals surface area contributed by atoms with Crippen molar-refractivity contribution in [3.8, 4) is 0 Å². The van der Waals surface area contributed by atoms with Crippen LogP contribution in [-0.2, 0) is 0 Å². The molecule has 0 nitrogen and oxygen atoms in total. The van der Waals surface area contributed by atoms with Crippen molar-refractivity contribution in [2.24, 2.45) is 0 Å². The highest BCUT2D eigenvalue weighted by molar-refractivity contribution is 6.14. The summed E-state index contributed by atoms with van der Waals surface area (Å²) in [6, 6.07) is 45.5. The van der Waals surface area contributed by atoms with E-state index in [2.05, 4.69) is 167 Å². The molecule has 0 fully saturated rings. The van der Waals surface area contributed by atoms with Gasteiger partial charge in [0.1, 0.15) is 0 Å². The summed E-state index contributed by atoms with van der Waals surface area (Å²) in [7, 11) is 0. The molecule has 44 heavy (non-hydrogen) atoms. The van der Waals surface area contributed by atoms with E-state index in [4.69, 9.17) is 0 Å². The molecule has 0 aliphatic heterocycles. The van der Waals surface area contributed by atoms with Gasteiger partial charge in [-0.2, -0.15) is 0 Å². The molecule has 0 unspecified atom stereocenters. The van der Waals surface area contributed by atoms with Crippen molar-refractivity contribution in [1.29, 1.82) is 0 Å². The van der Waals surface area contributed by atoms with Crippen LogP contribution >= 0.6 is 0 Å². The zero-order chi connectivity index (χ0) is 30.2. The topological polar surface area (TPSA) is 0 Å². The van der Waals surface area contributed by atoms with Crippen LogP contribution in [0.5, 0.6) is 0 Å². The van der Waals surface area contributed by atoms with Gasteiger partial charge in [0.2, 0.25) is 0 Å². The number of allylic oxidation sites excluding steroid dienone is 5. The van der Waals surface area contributed by atoms with Crippen LogP contribution in [0, 0.1) is 20.8 Å². The number of fused-ring (bicyclic) bond motifs is 2. The molecule has 0 spiro atoms. The van der Waals surface area contributed by atoms with Crippen molar-refractivity contribution >= 4 is 27.1 Å². The van der Waals surface area contributed by atoms with Crippen LogP contribution in [0.1, 0.15) is 63.8 Å². The van der Waals surface area contributed by atoms with Gasteiger partial charge in [-0.3, -0.25) is 0 Å². The van der Waals surface area contributed by atoms with Crippen molar-refractivity contribution in [2.75, 3.05) is 0 Å². The standard InChI is InChI=1S/C44H38/c1-29-13-21-33(22-14-29)41(34-23-15-30(2)16-24-34)43-37-9-5-7-11-39(37)44(40-12-8-6-10-38(40)43)42(35-25-17-31(3)18-26-35)36-27-19-32(4)20-28-36/h5-27,41H,28H2,1-4H3/b42-36+. The second-order valence-corrected chi connectivity index (χ2v) is 12.4. The van der Waals surface area contributed by atoms with Gasteiger partial charge in [-0.15, -0.1) is 0 Å². The van der Waals surface area contributed by atoms with Crippen molar-refractivity contribution < 1.29 is 0 Å². The van der Waals surface area contributed by atoms with Crippen LogP contribution in [0.15, 0.2) is 151 Å². The number of benzene rings is 6. The van der Waals surface area contributed by atoms with Gasteiger partial charge < -0.3 is 0 Å². The molecule has 6 aromatic rings. The third-order valence-electron chi connectivity index (χ3n) is 9.19. The average molecular weight is 567 g/mol. The molecular weight excluding hydrogens is 528 g/mol. The lowest BCUT2D eigenvalue weighted by atomic mass is 9.76. The second kappa shape index (κ2) is 11.6. The molecule has 0 bridgehead atoms. The first kappa shape index (κ1) is 27.9. The normalized spacial score (nSPS) is 14.3. The molecule has 0 radical (unpaired) electrons. The summed E-state index contributed by atoms with van der Waals surface area (Å²) in [6.45, 7) is 8.69. The Morgan fingerprint density at radius 1 is 0.500 bits per heavy atom. The van der Waals surface area contributed by atoms with Crippen LogP contribution in [-0.4, -0.2) is 0 Å². The van der Waals surface area contributed by atoms with Gasteiger partial charge in [0.05, 0.1) is 0 Å².